The Morgan fingerprint density at radius 1 is 1.27 bits per heavy atom. The maximum atomic E-state index is 3.41. The van der Waals surface area contributed by atoms with E-state index in [1.54, 1.807) is 0 Å². The number of nitrogens with zero attached hydrogens (tertiary/aromatic N) is 2. The van der Waals surface area contributed by atoms with Crippen LogP contribution in [0.15, 0.2) is 18.2 Å². The molecular weight excluding hydrogens is 184 g/mol. The summed E-state index contributed by atoms with van der Waals surface area (Å²) < 4.78 is 0. The summed E-state index contributed by atoms with van der Waals surface area (Å²) in [6.07, 6.45) is 9.93. The number of hydrogen-bond acceptors (Lipinski definition) is 2. The summed E-state index contributed by atoms with van der Waals surface area (Å²) in [6, 6.07) is 0. The molecule has 2 unspecified atom stereocenters. The second-order valence-electron chi connectivity index (χ2n) is 4.93. The van der Waals surface area contributed by atoms with Gasteiger partial charge >= 0.3 is 0 Å². The van der Waals surface area contributed by atoms with E-state index in [1.165, 1.54) is 26.2 Å². The van der Waals surface area contributed by atoms with Crippen LogP contribution in [0.3, 0.4) is 0 Å². The van der Waals surface area contributed by atoms with Crippen molar-refractivity contribution in [2.45, 2.75) is 19.4 Å². The van der Waals surface area contributed by atoms with Crippen molar-refractivity contribution < 1.29 is 0 Å². The Morgan fingerprint density at radius 3 is 2.53 bits per heavy atom. The molecule has 2 nitrogen and oxygen atoms in total. The quantitative estimate of drug-likeness (QED) is 0.641. The van der Waals surface area contributed by atoms with Gasteiger partial charge in [0.2, 0.25) is 0 Å². The minimum Gasteiger partial charge on any atom is -0.304 e. The van der Waals surface area contributed by atoms with Crippen LogP contribution < -0.4 is 0 Å². The van der Waals surface area contributed by atoms with E-state index in [0.29, 0.717) is 5.92 Å². The van der Waals surface area contributed by atoms with Gasteiger partial charge < -0.3 is 4.90 Å². The minimum atomic E-state index is 0.177. The van der Waals surface area contributed by atoms with E-state index in [4.69, 9.17) is 0 Å². The summed E-state index contributed by atoms with van der Waals surface area (Å²) >= 11 is 0. The van der Waals surface area contributed by atoms with Crippen molar-refractivity contribution in [2.24, 2.45) is 5.92 Å². The van der Waals surface area contributed by atoms with E-state index < -0.39 is 0 Å². The molecule has 1 heterocycles. The van der Waals surface area contributed by atoms with Crippen molar-refractivity contribution in [1.82, 2.24) is 9.80 Å². The van der Waals surface area contributed by atoms with Crippen LogP contribution >= 0.6 is 0 Å². The molecule has 2 aliphatic rings. The molecule has 0 bridgehead atoms. The number of piperazine rings is 1. The van der Waals surface area contributed by atoms with Crippen LogP contribution in [0.1, 0.15) is 13.8 Å². The molecule has 0 saturated carbocycles. The van der Waals surface area contributed by atoms with Gasteiger partial charge in [-0.25, -0.2) is 0 Å². The second-order valence-corrected chi connectivity index (χ2v) is 4.93. The van der Waals surface area contributed by atoms with Crippen molar-refractivity contribution in [3.05, 3.63) is 24.3 Å². The van der Waals surface area contributed by atoms with E-state index >= 15 is 0 Å². The zero-order chi connectivity index (χ0) is 10.9. The highest BCUT2D eigenvalue weighted by Crippen LogP contribution is 2.30. The smallest absolute Gasteiger partial charge is 0.0433 e. The lowest BCUT2D eigenvalue weighted by Gasteiger charge is -2.47. The Kier molecular flexibility index (Phi) is 2.98. The van der Waals surface area contributed by atoms with E-state index in [9.17, 15) is 0 Å². The molecule has 1 saturated heterocycles. The Morgan fingerprint density at radius 2 is 1.93 bits per heavy atom. The van der Waals surface area contributed by atoms with Crippen LogP contribution in [-0.4, -0.2) is 48.6 Å². The number of likely N-dealkylation sites (N-methyl/N-ethyl adjacent to an activating group) is 1. The third-order valence-corrected chi connectivity index (χ3v) is 3.94. The predicted molar refractivity (Wildman–Crippen MR) is 63.6 cm³/mol. The van der Waals surface area contributed by atoms with Crippen molar-refractivity contribution >= 4 is 0 Å². The van der Waals surface area contributed by atoms with Crippen molar-refractivity contribution in [1.29, 1.82) is 0 Å². The molecule has 1 aliphatic carbocycles. The van der Waals surface area contributed by atoms with Crippen LogP contribution in [0, 0.1) is 12.0 Å². The van der Waals surface area contributed by atoms with Gasteiger partial charge in [0.15, 0.2) is 0 Å². The highest BCUT2D eigenvalue weighted by Gasteiger charge is 2.36. The second kappa shape index (κ2) is 4.11. The number of rotatable bonds is 1. The predicted octanol–water partition coefficient (Wildman–Crippen LogP) is 1.56. The molecule has 2 atom stereocenters. The summed E-state index contributed by atoms with van der Waals surface area (Å²) in [5.41, 5.74) is 0.177. The Balaban J connectivity index is 2.09. The van der Waals surface area contributed by atoms with Gasteiger partial charge in [-0.1, -0.05) is 25.2 Å². The average molecular weight is 205 g/mol. The lowest BCUT2D eigenvalue weighted by Crippen LogP contribution is -2.57. The molecule has 83 valence electrons. The van der Waals surface area contributed by atoms with Crippen LogP contribution in [0.25, 0.3) is 0 Å². The Hall–Kier alpha value is -0.600. The van der Waals surface area contributed by atoms with Crippen molar-refractivity contribution in [3.8, 4) is 0 Å². The molecule has 0 aromatic rings. The Bertz CT molecular complexity index is 274. The van der Waals surface area contributed by atoms with E-state index in [0.717, 1.165) is 0 Å². The molecule has 2 heteroatoms. The third-order valence-electron chi connectivity index (χ3n) is 3.94. The van der Waals surface area contributed by atoms with Crippen LogP contribution in [0.2, 0.25) is 0 Å². The summed E-state index contributed by atoms with van der Waals surface area (Å²) in [4.78, 5) is 4.99. The van der Waals surface area contributed by atoms with Gasteiger partial charge in [-0.15, -0.1) is 0 Å². The number of hydrogen-bond donors (Lipinski definition) is 0. The first-order chi connectivity index (χ1) is 7.13. The molecule has 2 rings (SSSR count). The molecule has 1 aliphatic heterocycles. The van der Waals surface area contributed by atoms with E-state index in [-0.39, 0.29) is 5.54 Å². The number of allylic oxidation sites excluding steroid dienone is 2. The molecule has 0 aromatic carbocycles. The maximum Gasteiger partial charge on any atom is 0.0433 e. The summed E-state index contributed by atoms with van der Waals surface area (Å²) in [5.74, 6) is 0.492. The minimum absolute atomic E-state index is 0.177. The molecule has 1 fully saturated rings. The van der Waals surface area contributed by atoms with E-state index in [1.807, 2.05) is 6.08 Å². The topological polar surface area (TPSA) is 6.48 Å². The molecule has 0 aromatic heterocycles. The van der Waals surface area contributed by atoms with Gasteiger partial charge in [-0.3, -0.25) is 4.90 Å². The molecule has 0 spiro atoms. The lowest BCUT2D eigenvalue weighted by molar-refractivity contribution is 0.0564. The van der Waals surface area contributed by atoms with Gasteiger partial charge in [0.1, 0.15) is 0 Å². The normalized spacial score (nSPS) is 38.5. The fourth-order valence-electron chi connectivity index (χ4n) is 2.42. The zero-order valence-corrected chi connectivity index (χ0v) is 10.0. The van der Waals surface area contributed by atoms with Crippen LogP contribution in [0.5, 0.6) is 0 Å². The van der Waals surface area contributed by atoms with Crippen LogP contribution in [0.4, 0.5) is 0 Å². The third kappa shape index (κ3) is 2.01. The van der Waals surface area contributed by atoms with Gasteiger partial charge in [0, 0.05) is 37.6 Å². The van der Waals surface area contributed by atoms with Crippen molar-refractivity contribution in [2.75, 3.05) is 33.2 Å². The monoisotopic (exact) mass is 205 g/mol. The van der Waals surface area contributed by atoms with Gasteiger partial charge in [0.25, 0.3) is 0 Å². The summed E-state index contributed by atoms with van der Waals surface area (Å²) in [5, 5.41) is 0. The summed E-state index contributed by atoms with van der Waals surface area (Å²) in [7, 11) is 2.20. The van der Waals surface area contributed by atoms with Gasteiger partial charge in [-0.2, -0.15) is 0 Å². The first-order valence-electron chi connectivity index (χ1n) is 5.83. The molecular formula is C13H21N2. The highest BCUT2D eigenvalue weighted by atomic mass is 15.3. The fourth-order valence-corrected chi connectivity index (χ4v) is 2.42. The lowest BCUT2D eigenvalue weighted by atomic mass is 9.81. The standard InChI is InChI=1S/C13H21N2/c1-12-6-4-5-7-13(12,2)15-10-8-14(3)9-11-15/h4-5,7,12H,8-11H2,1-3H3. The van der Waals surface area contributed by atoms with Gasteiger partial charge in [-0.05, 0) is 20.0 Å². The zero-order valence-electron chi connectivity index (χ0n) is 10.0. The largest absolute Gasteiger partial charge is 0.304 e. The summed E-state index contributed by atoms with van der Waals surface area (Å²) in [6.45, 7) is 9.30. The molecule has 15 heavy (non-hydrogen) atoms. The average Bonchev–Trinajstić information content (AvgIpc) is 2.23. The fraction of sp³-hybridized carbons (Fsp3) is 0.692. The molecule has 0 N–H and O–H groups in total. The van der Waals surface area contributed by atoms with Crippen LogP contribution in [-0.2, 0) is 0 Å². The first kappa shape index (κ1) is 10.9. The van der Waals surface area contributed by atoms with Gasteiger partial charge in [0.05, 0.1) is 0 Å². The maximum absolute atomic E-state index is 3.41. The van der Waals surface area contributed by atoms with E-state index in [2.05, 4.69) is 48.9 Å². The highest BCUT2D eigenvalue weighted by molar-refractivity contribution is 5.20. The molecule has 0 amide bonds. The Labute approximate surface area is 93.2 Å². The molecule has 1 radical (unpaired) electrons. The van der Waals surface area contributed by atoms with Crippen molar-refractivity contribution in [3.63, 3.8) is 0 Å². The first-order valence-corrected chi connectivity index (χ1v) is 5.83. The SMILES string of the molecule is CC1[C]=CC=CC1(C)N1CCN(C)CC1.